The lowest BCUT2D eigenvalue weighted by Crippen LogP contribution is -2.45. The van der Waals surface area contributed by atoms with Gasteiger partial charge < -0.3 is 20.6 Å². The second-order valence-electron chi connectivity index (χ2n) is 14.6. The van der Waals surface area contributed by atoms with E-state index in [4.69, 9.17) is 0 Å². The molecule has 0 fully saturated rings. The van der Waals surface area contributed by atoms with Crippen LogP contribution in [0.2, 0.25) is 0 Å². The Morgan fingerprint density at radius 2 is 0.898 bits per heavy atom. The number of nitrogens with one attached hydrogen (secondary N) is 1. The van der Waals surface area contributed by atoms with Crippen LogP contribution in [0.3, 0.4) is 0 Å². The summed E-state index contributed by atoms with van der Waals surface area (Å²) < 4.78 is 0. The lowest BCUT2D eigenvalue weighted by atomic mass is 10.0. The van der Waals surface area contributed by atoms with Gasteiger partial charge in [0.05, 0.1) is 31.3 Å². The normalized spacial score (nSPS) is 14.0. The first-order valence-corrected chi connectivity index (χ1v) is 21.3. The Kier molecular flexibility index (Phi) is 38.2. The maximum absolute atomic E-state index is 12.3. The van der Waals surface area contributed by atoms with E-state index in [-0.39, 0.29) is 18.9 Å². The molecular weight excluding hydrogens is 606 g/mol. The first-order chi connectivity index (χ1) is 24.0. The molecule has 1 amide bonds. The maximum Gasteiger partial charge on any atom is 0.223 e. The fourth-order valence-corrected chi connectivity index (χ4v) is 6.40. The summed E-state index contributed by atoms with van der Waals surface area (Å²) in [7, 11) is 0. The van der Waals surface area contributed by atoms with Crippen LogP contribution in [0.25, 0.3) is 0 Å². The summed E-state index contributed by atoms with van der Waals surface area (Å²) in [6, 6.07) is -0.774. The molecule has 0 aromatic heterocycles. The Hall–Kier alpha value is -1.43. The van der Waals surface area contributed by atoms with Crippen molar-refractivity contribution >= 4 is 5.91 Å². The summed E-state index contributed by atoms with van der Waals surface area (Å²) >= 11 is 0. The molecule has 3 unspecified atom stereocenters. The molecule has 5 nitrogen and oxygen atoms in total. The molecule has 0 aromatic carbocycles. The smallest absolute Gasteiger partial charge is 0.223 e. The Balaban J connectivity index is 3.69. The third kappa shape index (κ3) is 36.2. The van der Waals surface area contributed by atoms with Crippen molar-refractivity contribution in [2.75, 3.05) is 6.61 Å². The van der Waals surface area contributed by atoms with E-state index in [0.717, 1.165) is 25.7 Å². The van der Waals surface area contributed by atoms with Gasteiger partial charge in [0.2, 0.25) is 5.91 Å². The molecule has 5 heteroatoms. The predicted octanol–water partition coefficient (Wildman–Crippen LogP) is 12.0. The molecule has 49 heavy (non-hydrogen) atoms. The lowest BCUT2D eigenvalue weighted by Gasteiger charge is -2.20. The standard InChI is InChI=1S/C44H83NO4/c1-3-5-7-9-11-13-15-16-17-18-19-20-21-22-23-24-25-26-28-30-32-34-36-38-43(48)42(40-46)45-44(49)39-41(47)37-35-33-31-29-27-14-12-10-8-6-4-2/h29,31,35-38,41-43,46-48H,3-28,30,32-34,39-40H2,1-2H3,(H,45,49)/b31-29-,37-35-,38-36+. The zero-order valence-corrected chi connectivity index (χ0v) is 32.6. The second-order valence-corrected chi connectivity index (χ2v) is 14.6. The highest BCUT2D eigenvalue weighted by Gasteiger charge is 2.19. The summed E-state index contributed by atoms with van der Waals surface area (Å²) in [5.74, 6) is -0.383. The quantitative estimate of drug-likeness (QED) is 0.0384. The van der Waals surface area contributed by atoms with Crippen LogP contribution in [0.5, 0.6) is 0 Å². The minimum atomic E-state index is -0.951. The number of hydrogen-bond acceptors (Lipinski definition) is 4. The largest absolute Gasteiger partial charge is 0.394 e. The van der Waals surface area contributed by atoms with Crippen LogP contribution < -0.4 is 5.32 Å². The molecule has 0 aromatic rings. The molecule has 4 N–H and O–H groups in total. The highest BCUT2D eigenvalue weighted by atomic mass is 16.3. The number of carbonyl (C=O) groups is 1. The molecule has 0 spiro atoms. The summed E-state index contributed by atoms with van der Waals surface area (Å²) in [4.78, 5) is 12.3. The second kappa shape index (κ2) is 39.4. The van der Waals surface area contributed by atoms with E-state index in [0.29, 0.717) is 0 Å². The molecule has 0 rings (SSSR count). The molecule has 0 saturated heterocycles. The molecule has 0 aliphatic rings. The molecule has 0 aliphatic carbocycles. The van der Waals surface area contributed by atoms with E-state index >= 15 is 0 Å². The molecule has 3 atom stereocenters. The first kappa shape index (κ1) is 47.6. The summed E-state index contributed by atoms with van der Waals surface area (Å²) in [5, 5.41) is 33.0. The molecule has 0 heterocycles. The van der Waals surface area contributed by atoms with Crippen molar-refractivity contribution < 1.29 is 20.1 Å². The van der Waals surface area contributed by atoms with Gasteiger partial charge in [-0.3, -0.25) is 4.79 Å². The third-order valence-corrected chi connectivity index (χ3v) is 9.68. The van der Waals surface area contributed by atoms with E-state index < -0.39 is 18.2 Å². The van der Waals surface area contributed by atoms with Gasteiger partial charge in [0.25, 0.3) is 0 Å². The number of rotatable bonds is 38. The van der Waals surface area contributed by atoms with Crippen molar-refractivity contribution in [2.24, 2.45) is 0 Å². The number of allylic oxidation sites excluding steroid dienone is 4. The van der Waals surface area contributed by atoms with Crippen molar-refractivity contribution in [1.29, 1.82) is 0 Å². The zero-order valence-electron chi connectivity index (χ0n) is 32.6. The summed E-state index contributed by atoms with van der Waals surface area (Å²) in [6.07, 6.45) is 48.9. The average Bonchev–Trinajstić information content (AvgIpc) is 3.09. The van der Waals surface area contributed by atoms with Crippen molar-refractivity contribution in [3.63, 3.8) is 0 Å². The predicted molar refractivity (Wildman–Crippen MR) is 213 cm³/mol. The monoisotopic (exact) mass is 690 g/mol. The Morgan fingerprint density at radius 1 is 0.510 bits per heavy atom. The molecule has 0 aliphatic heterocycles. The average molecular weight is 690 g/mol. The maximum atomic E-state index is 12.3. The van der Waals surface area contributed by atoms with Crippen molar-refractivity contribution in [2.45, 2.75) is 231 Å². The van der Waals surface area contributed by atoms with Gasteiger partial charge in [0, 0.05) is 0 Å². The fourth-order valence-electron chi connectivity index (χ4n) is 6.40. The van der Waals surface area contributed by atoms with Crippen LogP contribution in [0.15, 0.2) is 36.5 Å². The van der Waals surface area contributed by atoms with Crippen LogP contribution >= 0.6 is 0 Å². The number of unbranched alkanes of at least 4 members (excludes halogenated alkanes) is 27. The van der Waals surface area contributed by atoms with E-state index in [1.54, 1.807) is 12.2 Å². The number of aliphatic hydroxyl groups is 3. The van der Waals surface area contributed by atoms with Gasteiger partial charge in [-0.25, -0.2) is 0 Å². The summed E-state index contributed by atoms with van der Waals surface area (Å²) in [5.41, 5.74) is 0. The number of amides is 1. The molecule has 0 saturated carbocycles. The van der Waals surface area contributed by atoms with Crippen molar-refractivity contribution in [3.05, 3.63) is 36.5 Å². The molecule has 0 radical (unpaired) electrons. The van der Waals surface area contributed by atoms with E-state index in [1.165, 1.54) is 167 Å². The summed E-state index contributed by atoms with van der Waals surface area (Å²) in [6.45, 7) is 4.17. The van der Waals surface area contributed by atoms with Crippen LogP contribution in [0.4, 0.5) is 0 Å². The Morgan fingerprint density at radius 3 is 1.31 bits per heavy atom. The van der Waals surface area contributed by atoms with E-state index in [9.17, 15) is 20.1 Å². The van der Waals surface area contributed by atoms with Gasteiger partial charge in [0.15, 0.2) is 0 Å². The van der Waals surface area contributed by atoms with Crippen molar-refractivity contribution in [3.8, 4) is 0 Å². The SMILES string of the molecule is CCCCCCCC/C=C\C/C=C\C(O)CC(=O)NC(CO)C(O)/C=C/CCCCCCCCCCCCCCCCCCCCCCC. The Labute approximate surface area is 304 Å². The van der Waals surface area contributed by atoms with Crippen molar-refractivity contribution in [1.82, 2.24) is 5.32 Å². The van der Waals surface area contributed by atoms with E-state index in [2.05, 4.69) is 31.3 Å². The van der Waals surface area contributed by atoms with Gasteiger partial charge in [-0.2, -0.15) is 0 Å². The van der Waals surface area contributed by atoms with Crippen LogP contribution in [0, 0.1) is 0 Å². The van der Waals surface area contributed by atoms with Gasteiger partial charge in [-0.1, -0.05) is 211 Å². The van der Waals surface area contributed by atoms with E-state index in [1.807, 2.05) is 12.2 Å². The highest BCUT2D eigenvalue weighted by Crippen LogP contribution is 2.15. The van der Waals surface area contributed by atoms with Crippen LogP contribution in [-0.4, -0.2) is 46.1 Å². The minimum Gasteiger partial charge on any atom is -0.394 e. The van der Waals surface area contributed by atoms with Gasteiger partial charge in [0.1, 0.15) is 0 Å². The molecular formula is C44H83NO4. The topological polar surface area (TPSA) is 89.8 Å². The zero-order chi connectivity index (χ0) is 35.9. The Bertz CT molecular complexity index is 764. The fraction of sp³-hybridized carbons (Fsp3) is 0.841. The van der Waals surface area contributed by atoms with Crippen LogP contribution in [-0.2, 0) is 4.79 Å². The molecule has 288 valence electrons. The number of hydrogen-bond donors (Lipinski definition) is 4. The number of aliphatic hydroxyl groups excluding tert-OH is 3. The highest BCUT2D eigenvalue weighted by molar-refractivity contribution is 5.77. The first-order valence-electron chi connectivity index (χ1n) is 21.3. The third-order valence-electron chi connectivity index (χ3n) is 9.68. The van der Waals surface area contributed by atoms with Gasteiger partial charge in [-0.15, -0.1) is 0 Å². The van der Waals surface area contributed by atoms with Crippen LogP contribution in [0.1, 0.15) is 213 Å². The van der Waals surface area contributed by atoms with Gasteiger partial charge in [-0.05, 0) is 32.1 Å². The minimum absolute atomic E-state index is 0.0929. The van der Waals surface area contributed by atoms with Gasteiger partial charge >= 0.3 is 0 Å². The number of carbonyl (C=O) groups excluding carboxylic acids is 1. The lowest BCUT2D eigenvalue weighted by molar-refractivity contribution is -0.124. The molecule has 0 bridgehead atoms.